The minimum Gasteiger partial charge on any atom is -0.328 e. The van der Waals surface area contributed by atoms with Crippen LogP contribution in [0.3, 0.4) is 0 Å². The number of benzene rings is 1. The first kappa shape index (κ1) is 30.6. The van der Waals surface area contributed by atoms with E-state index in [1.165, 1.54) is 46.9 Å². The Labute approximate surface area is 215 Å². The molecule has 0 saturated heterocycles. The van der Waals surface area contributed by atoms with Crippen LogP contribution in [0.5, 0.6) is 0 Å². The molecule has 2 N–H and O–H groups in total. The molecule has 0 amide bonds. The van der Waals surface area contributed by atoms with Gasteiger partial charge >= 0.3 is 0 Å². The Balaban J connectivity index is 0.000000270. The number of allylic oxidation sites excluding steroid dienone is 1. The molecule has 3 aromatic rings. The normalized spacial score (nSPS) is 12.5. The first-order valence-electron chi connectivity index (χ1n) is 13.2. The molecule has 2 unspecified atom stereocenters. The summed E-state index contributed by atoms with van der Waals surface area (Å²) in [5, 5.41) is 5.69. The van der Waals surface area contributed by atoms with Gasteiger partial charge in [0.1, 0.15) is 0 Å². The maximum Gasteiger partial charge on any atom is 0.0685 e. The summed E-state index contributed by atoms with van der Waals surface area (Å²) in [6.45, 7) is 26.2. The van der Waals surface area contributed by atoms with E-state index in [1.54, 1.807) is 0 Å². The summed E-state index contributed by atoms with van der Waals surface area (Å²) in [6.07, 6.45) is 5.63. The fourth-order valence-electron chi connectivity index (χ4n) is 3.95. The van der Waals surface area contributed by atoms with Crippen LogP contribution in [0.15, 0.2) is 37.0 Å². The van der Waals surface area contributed by atoms with E-state index in [0.717, 1.165) is 29.4 Å². The monoisotopic (exact) mass is 478 g/mol. The summed E-state index contributed by atoms with van der Waals surface area (Å²) in [6, 6.07) is 8.88. The van der Waals surface area contributed by atoms with Gasteiger partial charge in [-0.15, -0.1) is 0 Å². The lowest BCUT2D eigenvalue weighted by molar-refractivity contribution is 0.388. The summed E-state index contributed by atoms with van der Waals surface area (Å²) >= 11 is 0. The van der Waals surface area contributed by atoms with Crippen LogP contribution in [0.4, 0.5) is 0 Å². The predicted octanol–water partition coefficient (Wildman–Crippen LogP) is 8.20. The van der Waals surface area contributed by atoms with E-state index in [1.807, 2.05) is 27.0 Å². The first-order chi connectivity index (χ1) is 16.4. The zero-order valence-corrected chi connectivity index (χ0v) is 24.1. The molecule has 1 aromatic carbocycles. The highest BCUT2D eigenvalue weighted by Crippen LogP contribution is 2.19. The summed E-state index contributed by atoms with van der Waals surface area (Å²) in [7, 11) is 0. The molecule has 0 fully saturated rings. The molecule has 2 atom stereocenters. The highest BCUT2D eigenvalue weighted by atomic mass is 15.3. The quantitative estimate of drug-likeness (QED) is 0.372. The molecule has 35 heavy (non-hydrogen) atoms. The van der Waals surface area contributed by atoms with Gasteiger partial charge in [0, 0.05) is 29.4 Å². The molecule has 3 rings (SSSR count). The molecular weight excluding hydrogens is 428 g/mol. The van der Waals surface area contributed by atoms with Gasteiger partial charge in [-0.1, -0.05) is 52.8 Å². The maximum atomic E-state index is 5.68. The van der Waals surface area contributed by atoms with Gasteiger partial charge in [0.05, 0.1) is 11.7 Å². The van der Waals surface area contributed by atoms with Crippen molar-refractivity contribution in [2.45, 2.75) is 101 Å². The second-order valence-corrected chi connectivity index (χ2v) is 10.5. The van der Waals surface area contributed by atoms with Crippen molar-refractivity contribution < 1.29 is 0 Å². The molecule has 2 heterocycles. The average Bonchev–Trinajstić information content (AvgIpc) is 3.19. The van der Waals surface area contributed by atoms with Crippen LogP contribution in [-0.4, -0.2) is 20.8 Å². The van der Waals surface area contributed by atoms with E-state index in [4.69, 9.17) is 5.73 Å². The van der Waals surface area contributed by atoms with Crippen molar-refractivity contribution in [1.82, 2.24) is 14.8 Å². The Kier molecular flexibility index (Phi) is 13.0. The first-order valence-corrected chi connectivity index (χ1v) is 13.2. The van der Waals surface area contributed by atoms with Gasteiger partial charge in [0.2, 0.25) is 0 Å². The van der Waals surface area contributed by atoms with Crippen LogP contribution in [-0.2, 0) is 6.54 Å². The van der Waals surface area contributed by atoms with Crippen molar-refractivity contribution >= 4 is 16.5 Å². The molecule has 194 valence electrons. The molecule has 0 spiro atoms. The van der Waals surface area contributed by atoms with Crippen molar-refractivity contribution in [2.24, 2.45) is 17.6 Å². The number of hydrogen-bond donors (Lipinski definition) is 1. The van der Waals surface area contributed by atoms with Gasteiger partial charge in [-0.05, 0) is 101 Å². The zero-order valence-electron chi connectivity index (χ0n) is 24.1. The summed E-state index contributed by atoms with van der Waals surface area (Å²) < 4.78 is 2.10. The van der Waals surface area contributed by atoms with E-state index in [2.05, 4.69) is 94.1 Å². The predicted molar refractivity (Wildman–Crippen MR) is 155 cm³/mol. The lowest BCUT2D eigenvalue weighted by atomic mass is 9.94. The smallest absolute Gasteiger partial charge is 0.0685 e. The minimum atomic E-state index is 0.354. The topological polar surface area (TPSA) is 56.7 Å². The second kappa shape index (κ2) is 14.8. The van der Waals surface area contributed by atoms with Gasteiger partial charge < -0.3 is 5.73 Å². The molecule has 2 aromatic heterocycles. The van der Waals surface area contributed by atoms with E-state index in [9.17, 15) is 0 Å². The molecular formula is C31H50N4. The molecule has 0 radical (unpaired) electrons. The fraction of sp³-hybridized carbons (Fsp3) is 0.548. The fourth-order valence-corrected chi connectivity index (χ4v) is 3.95. The summed E-state index contributed by atoms with van der Waals surface area (Å²) in [5.74, 6) is 1.45. The highest BCUT2D eigenvalue weighted by molar-refractivity contribution is 5.81. The summed E-state index contributed by atoms with van der Waals surface area (Å²) in [4.78, 5) is 4.43. The average molecular weight is 479 g/mol. The van der Waals surface area contributed by atoms with Crippen molar-refractivity contribution in [3.05, 3.63) is 65.1 Å². The number of aromatic nitrogens is 3. The lowest BCUT2D eigenvalue weighted by Gasteiger charge is -2.16. The highest BCUT2D eigenvalue weighted by Gasteiger charge is 2.08. The zero-order chi connectivity index (χ0) is 26.7. The van der Waals surface area contributed by atoms with Crippen LogP contribution in [0, 0.1) is 39.5 Å². The van der Waals surface area contributed by atoms with Gasteiger partial charge in [-0.2, -0.15) is 5.10 Å². The van der Waals surface area contributed by atoms with E-state index in [-0.39, 0.29) is 0 Å². The number of rotatable bonds is 7. The van der Waals surface area contributed by atoms with Crippen molar-refractivity contribution in [3.63, 3.8) is 0 Å². The third-order valence-electron chi connectivity index (χ3n) is 6.49. The van der Waals surface area contributed by atoms with E-state index < -0.39 is 0 Å². The van der Waals surface area contributed by atoms with E-state index in [0.29, 0.717) is 12.0 Å². The van der Waals surface area contributed by atoms with Gasteiger partial charge in [-0.25, -0.2) is 0 Å². The largest absolute Gasteiger partial charge is 0.328 e. The number of hydrogen-bond acceptors (Lipinski definition) is 3. The number of fused-ring (bicyclic) bond motifs is 1. The standard InChI is InChI=1S/C12H16N2.C11H15N.C8H19N/c1-3-4-8-14-12-7-5-6-10(2)11(12)9-13-14;1-7(2)11-6-8(3)9(4)12-10(11)5;1-6(2)5-7(3)8(4)9/h5-7,9H,3-4,8H2,1-2H3;6H,1H2,2-5H3;6-8H,5,9H2,1-4H3. The third kappa shape index (κ3) is 9.97. The SMILES string of the molecule is C=C(C)c1cc(C)c(C)nc1C.CC(C)CC(C)C(C)N.CCCCn1ncc2c(C)cccc21. The molecule has 0 saturated carbocycles. The maximum absolute atomic E-state index is 5.68. The van der Waals surface area contributed by atoms with Crippen LogP contribution < -0.4 is 5.73 Å². The Morgan fingerprint density at radius 3 is 2.20 bits per heavy atom. The van der Waals surface area contributed by atoms with Crippen LogP contribution >= 0.6 is 0 Å². The number of unbranched alkanes of at least 4 members (excludes halogenated alkanes) is 1. The van der Waals surface area contributed by atoms with Crippen molar-refractivity contribution in [2.75, 3.05) is 0 Å². The molecule has 0 aliphatic heterocycles. The Morgan fingerprint density at radius 2 is 1.69 bits per heavy atom. The summed E-state index contributed by atoms with van der Waals surface area (Å²) in [5.41, 5.74) is 13.9. The van der Waals surface area contributed by atoms with E-state index >= 15 is 0 Å². The second-order valence-electron chi connectivity index (χ2n) is 10.5. The van der Waals surface area contributed by atoms with Gasteiger partial charge in [-0.3, -0.25) is 9.67 Å². The minimum absolute atomic E-state index is 0.354. The molecule has 0 aliphatic rings. The number of nitrogens with zero attached hydrogens (tertiary/aromatic N) is 3. The van der Waals surface area contributed by atoms with Crippen LogP contribution in [0.1, 0.15) is 88.9 Å². The Hall–Kier alpha value is -2.46. The molecule has 0 bridgehead atoms. The molecule has 4 nitrogen and oxygen atoms in total. The lowest BCUT2D eigenvalue weighted by Crippen LogP contribution is -2.25. The number of aryl methyl sites for hydroxylation is 5. The van der Waals surface area contributed by atoms with Gasteiger partial charge in [0.25, 0.3) is 0 Å². The molecule has 0 aliphatic carbocycles. The molecule has 4 heteroatoms. The van der Waals surface area contributed by atoms with Crippen molar-refractivity contribution in [1.29, 1.82) is 0 Å². The Morgan fingerprint density at radius 1 is 1.03 bits per heavy atom. The number of nitrogens with two attached hydrogens (primary N) is 1. The van der Waals surface area contributed by atoms with Crippen molar-refractivity contribution in [3.8, 4) is 0 Å². The van der Waals surface area contributed by atoms with Gasteiger partial charge in [0.15, 0.2) is 0 Å². The third-order valence-corrected chi connectivity index (χ3v) is 6.49. The Bertz CT molecular complexity index is 1060. The van der Waals surface area contributed by atoms with Crippen LogP contribution in [0.2, 0.25) is 0 Å². The number of pyridine rings is 1. The van der Waals surface area contributed by atoms with Crippen LogP contribution in [0.25, 0.3) is 16.5 Å².